The van der Waals surface area contributed by atoms with E-state index in [2.05, 4.69) is 0 Å². The zero-order valence-electron chi connectivity index (χ0n) is 8.85. The Labute approximate surface area is 103 Å². The van der Waals surface area contributed by atoms with Gasteiger partial charge in [-0.25, -0.2) is 0 Å². The maximum Gasteiger partial charge on any atom is 0.194 e. The number of nitrogen functional groups attached to an aromatic ring is 1. The molecule has 3 N–H and O–H groups in total. The first-order valence-corrected chi connectivity index (χ1v) is 5.34. The number of rotatable bonds is 2. The van der Waals surface area contributed by atoms with Crippen molar-refractivity contribution in [1.29, 1.82) is 0 Å². The molecule has 2 aromatic carbocycles. The predicted molar refractivity (Wildman–Crippen MR) is 67.4 cm³/mol. The Kier molecular flexibility index (Phi) is 3.02. The van der Waals surface area contributed by atoms with Crippen molar-refractivity contribution in [3.63, 3.8) is 0 Å². The average Bonchev–Trinajstić information content (AvgIpc) is 2.28. The largest absolute Gasteiger partial charge is 0.508 e. The van der Waals surface area contributed by atoms with Crippen molar-refractivity contribution in [1.82, 2.24) is 0 Å². The summed E-state index contributed by atoms with van der Waals surface area (Å²) in [5, 5.41) is 9.44. The van der Waals surface area contributed by atoms with Crippen LogP contribution in [0.15, 0.2) is 42.5 Å². The molecule has 0 saturated carbocycles. The van der Waals surface area contributed by atoms with Crippen LogP contribution in [0.3, 0.4) is 0 Å². The van der Waals surface area contributed by atoms with Crippen LogP contribution in [0.4, 0.5) is 5.69 Å². The van der Waals surface area contributed by atoms with Gasteiger partial charge in [-0.2, -0.15) is 0 Å². The maximum atomic E-state index is 12.1. The van der Waals surface area contributed by atoms with Gasteiger partial charge in [0.1, 0.15) is 5.75 Å². The summed E-state index contributed by atoms with van der Waals surface area (Å²) in [6.07, 6.45) is 0. The topological polar surface area (TPSA) is 63.3 Å². The van der Waals surface area contributed by atoms with E-state index in [9.17, 15) is 9.90 Å². The van der Waals surface area contributed by atoms with Gasteiger partial charge in [-0.3, -0.25) is 4.79 Å². The van der Waals surface area contributed by atoms with E-state index in [1.807, 2.05) is 0 Å². The van der Waals surface area contributed by atoms with Gasteiger partial charge in [0.25, 0.3) is 0 Å². The molecule has 0 fully saturated rings. The summed E-state index contributed by atoms with van der Waals surface area (Å²) in [7, 11) is 0. The number of anilines is 1. The summed E-state index contributed by atoms with van der Waals surface area (Å²) >= 11 is 5.90. The molecule has 0 aliphatic heterocycles. The third kappa shape index (κ3) is 2.40. The molecule has 0 aromatic heterocycles. The number of carbonyl (C=O) groups excluding carboxylic acids is 1. The van der Waals surface area contributed by atoms with Crippen molar-refractivity contribution >= 4 is 23.1 Å². The second kappa shape index (κ2) is 4.47. The first-order valence-electron chi connectivity index (χ1n) is 4.96. The standard InChI is InChI=1S/C13H10ClNO2/c14-12-7-10(16)4-5-11(12)13(17)8-2-1-3-9(15)6-8/h1-7,16H,15H2. The number of benzene rings is 2. The van der Waals surface area contributed by atoms with Crippen molar-refractivity contribution < 1.29 is 9.90 Å². The van der Waals surface area contributed by atoms with E-state index in [1.54, 1.807) is 24.3 Å². The number of phenols is 1. The van der Waals surface area contributed by atoms with E-state index < -0.39 is 0 Å². The third-order valence-corrected chi connectivity index (χ3v) is 2.66. The van der Waals surface area contributed by atoms with Gasteiger partial charge in [0.05, 0.1) is 5.02 Å². The van der Waals surface area contributed by atoms with Crippen molar-refractivity contribution in [2.24, 2.45) is 0 Å². The highest BCUT2D eigenvalue weighted by Gasteiger charge is 2.13. The first kappa shape index (κ1) is 11.5. The van der Waals surface area contributed by atoms with Crippen molar-refractivity contribution in [2.75, 3.05) is 5.73 Å². The number of ketones is 1. The van der Waals surface area contributed by atoms with Gasteiger partial charge in [-0.15, -0.1) is 0 Å². The third-order valence-electron chi connectivity index (χ3n) is 2.35. The minimum atomic E-state index is -0.220. The van der Waals surface area contributed by atoms with Crippen LogP contribution in [0.25, 0.3) is 0 Å². The summed E-state index contributed by atoms with van der Waals surface area (Å²) < 4.78 is 0. The minimum Gasteiger partial charge on any atom is -0.508 e. The number of nitrogens with two attached hydrogens (primary N) is 1. The van der Waals surface area contributed by atoms with Gasteiger partial charge in [0.15, 0.2) is 5.78 Å². The minimum absolute atomic E-state index is 0.0270. The fraction of sp³-hybridized carbons (Fsp3) is 0. The van der Waals surface area contributed by atoms with Crippen molar-refractivity contribution in [2.45, 2.75) is 0 Å². The van der Waals surface area contributed by atoms with E-state index in [-0.39, 0.29) is 16.6 Å². The second-order valence-corrected chi connectivity index (χ2v) is 4.03. The molecule has 0 aliphatic rings. The summed E-state index contributed by atoms with van der Waals surface area (Å²) in [6, 6.07) is 10.9. The zero-order chi connectivity index (χ0) is 12.4. The molecule has 4 heteroatoms. The molecule has 0 saturated heterocycles. The number of carbonyl (C=O) groups is 1. The van der Waals surface area contributed by atoms with Crippen molar-refractivity contribution in [3.8, 4) is 5.75 Å². The Morgan fingerprint density at radius 2 is 1.94 bits per heavy atom. The molecule has 0 bridgehead atoms. The van der Waals surface area contributed by atoms with E-state index in [1.165, 1.54) is 18.2 Å². The van der Waals surface area contributed by atoms with E-state index in [4.69, 9.17) is 17.3 Å². The van der Waals surface area contributed by atoms with E-state index in [0.717, 1.165) is 0 Å². The van der Waals surface area contributed by atoms with Crippen LogP contribution in [0.1, 0.15) is 15.9 Å². The Balaban J connectivity index is 2.44. The van der Waals surface area contributed by atoms with Crippen molar-refractivity contribution in [3.05, 3.63) is 58.6 Å². The molecule has 0 heterocycles. The van der Waals surface area contributed by atoms with E-state index >= 15 is 0 Å². The zero-order valence-corrected chi connectivity index (χ0v) is 9.61. The molecule has 17 heavy (non-hydrogen) atoms. The normalized spacial score (nSPS) is 10.2. The number of aromatic hydroxyl groups is 1. The smallest absolute Gasteiger partial charge is 0.194 e. The molecule has 0 radical (unpaired) electrons. The number of phenolic OH excluding ortho intramolecular Hbond substituents is 1. The molecule has 0 spiro atoms. The summed E-state index contributed by atoms with van der Waals surface area (Å²) in [5.41, 5.74) is 6.94. The van der Waals surface area contributed by atoms with Crippen LogP contribution >= 0.6 is 11.6 Å². The van der Waals surface area contributed by atoms with Gasteiger partial charge in [-0.05, 0) is 30.3 Å². The highest BCUT2D eigenvalue weighted by Crippen LogP contribution is 2.24. The van der Waals surface area contributed by atoms with Gasteiger partial charge >= 0.3 is 0 Å². The molecular formula is C13H10ClNO2. The Morgan fingerprint density at radius 3 is 2.59 bits per heavy atom. The summed E-state index contributed by atoms with van der Waals surface area (Å²) in [4.78, 5) is 12.1. The lowest BCUT2D eigenvalue weighted by Crippen LogP contribution is -2.02. The molecule has 86 valence electrons. The Bertz CT molecular complexity index is 581. The molecule has 2 rings (SSSR count). The highest BCUT2D eigenvalue weighted by molar-refractivity contribution is 6.35. The lowest BCUT2D eigenvalue weighted by molar-refractivity contribution is 0.103. The fourth-order valence-corrected chi connectivity index (χ4v) is 1.78. The summed E-state index contributed by atoms with van der Waals surface area (Å²) in [5.74, 6) is -0.193. The second-order valence-electron chi connectivity index (χ2n) is 3.62. The van der Waals surface area contributed by atoms with E-state index in [0.29, 0.717) is 16.8 Å². The lowest BCUT2D eigenvalue weighted by Gasteiger charge is -2.04. The molecule has 0 amide bonds. The van der Waals surface area contributed by atoms with Crippen LogP contribution in [0, 0.1) is 0 Å². The number of halogens is 1. The summed E-state index contributed by atoms with van der Waals surface area (Å²) in [6.45, 7) is 0. The Morgan fingerprint density at radius 1 is 1.18 bits per heavy atom. The van der Waals surface area contributed by atoms with Crippen LogP contribution in [0.5, 0.6) is 5.75 Å². The lowest BCUT2D eigenvalue weighted by atomic mass is 10.0. The quantitative estimate of drug-likeness (QED) is 0.634. The molecule has 0 unspecified atom stereocenters. The van der Waals surface area contributed by atoms with Crippen LogP contribution < -0.4 is 5.73 Å². The van der Waals surface area contributed by atoms with Crippen LogP contribution in [-0.2, 0) is 0 Å². The number of hydrogen-bond donors (Lipinski definition) is 2. The van der Waals surface area contributed by atoms with Gasteiger partial charge in [0, 0.05) is 16.8 Å². The molecule has 3 nitrogen and oxygen atoms in total. The highest BCUT2D eigenvalue weighted by atomic mass is 35.5. The van der Waals surface area contributed by atoms with Gasteiger partial charge in [-0.1, -0.05) is 23.7 Å². The predicted octanol–water partition coefficient (Wildman–Crippen LogP) is 2.86. The molecule has 0 atom stereocenters. The maximum absolute atomic E-state index is 12.1. The fourth-order valence-electron chi connectivity index (χ4n) is 1.52. The Hall–Kier alpha value is -2.00. The number of hydrogen-bond acceptors (Lipinski definition) is 3. The molecular weight excluding hydrogens is 238 g/mol. The SMILES string of the molecule is Nc1cccc(C(=O)c2ccc(O)cc2Cl)c1. The molecule has 2 aromatic rings. The average molecular weight is 248 g/mol. The van der Waals surface area contributed by atoms with Gasteiger partial charge in [0.2, 0.25) is 0 Å². The monoisotopic (exact) mass is 247 g/mol. The molecule has 0 aliphatic carbocycles. The van der Waals surface area contributed by atoms with Gasteiger partial charge < -0.3 is 10.8 Å². The van der Waals surface area contributed by atoms with Crippen LogP contribution in [0.2, 0.25) is 5.02 Å². The first-order chi connectivity index (χ1) is 8.08. The van der Waals surface area contributed by atoms with Crippen LogP contribution in [-0.4, -0.2) is 10.9 Å².